The molecule has 8 nitrogen and oxygen atoms in total. The van der Waals surface area contributed by atoms with Gasteiger partial charge in [0, 0.05) is 58.6 Å². The van der Waals surface area contributed by atoms with Crippen molar-refractivity contribution >= 4 is 27.0 Å². The maximum Gasteiger partial charge on any atom is 0.243 e. The highest BCUT2D eigenvalue weighted by Crippen LogP contribution is 2.25. The lowest BCUT2D eigenvalue weighted by Gasteiger charge is -2.25. The summed E-state index contributed by atoms with van der Waals surface area (Å²) in [5.74, 6) is 1.34. The molecule has 3 heterocycles. The highest BCUT2D eigenvalue weighted by molar-refractivity contribution is 7.89. The Kier molecular flexibility index (Phi) is 7.17. The number of nitrogens with zero attached hydrogens (tertiary/aromatic N) is 4. The summed E-state index contributed by atoms with van der Waals surface area (Å²) in [6.07, 6.45) is 4.82. The van der Waals surface area contributed by atoms with Crippen LogP contribution < -0.4 is 0 Å². The van der Waals surface area contributed by atoms with Gasteiger partial charge in [-0.2, -0.15) is 4.31 Å². The molecule has 9 heteroatoms. The van der Waals surface area contributed by atoms with E-state index in [4.69, 9.17) is 4.74 Å². The number of amides is 1. The van der Waals surface area contributed by atoms with Gasteiger partial charge in [0.15, 0.2) is 0 Å². The summed E-state index contributed by atoms with van der Waals surface area (Å²) in [5, 5.41) is 0. The van der Waals surface area contributed by atoms with Crippen LogP contribution in [-0.2, 0) is 33.0 Å². The molecule has 0 saturated carbocycles. The highest BCUT2D eigenvalue weighted by Gasteiger charge is 2.27. The number of hydrogen-bond donors (Lipinski definition) is 0. The zero-order valence-corrected chi connectivity index (χ0v) is 19.9. The molecule has 2 aliphatic rings. The van der Waals surface area contributed by atoms with Crippen molar-refractivity contribution in [2.75, 3.05) is 39.4 Å². The Morgan fingerprint density at radius 1 is 1.25 bits per heavy atom. The lowest BCUT2D eigenvalue weighted by molar-refractivity contribution is -0.131. The van der Waals surface area contributed by atoms with E-state index < -0.39 is 10.0 Å². The van der Waals surface area contributed by atoms with Gasteiger partial charge in [-0.25, -0.2) is 13.4 Å². The van der Waals surface area contributed by atoms with Gasteiger partial charge in [0.05, 0.1) is 22.5 Å². The van der Waals surface area contributed by atoms with Crippen molar-refractivity contribution in [2.45, 2.75) is 50.3 Å². The first-order valence-corrected chi connectivity index (χ1v) is 13.1. The SMILES string of the molecule is CCN(CC1CCOC1)C(=O)CCc1nc2cc(S(=O)(=O)N3CCCCC3)ccc2n1C. The number of fused-ring (bicyclic) bond motifs is 1. The number of piperidine rings is 1. The van der Waals surface area contributed by atoms with Gasteiger partial charge >= 0.3 is 0 Å². The summed E-state index contributed by atoms with van der Waals surface area (Å²) in [5.41, 5.74) is 1.53. The van der Waals surface area contributed by atoms with Crippen LogP contribution in [0.3, 0.4) is 0 Å². The van der Waals surface area contributed by atoms with Crippen molar-refractivity contribution in [1.82, 2.24) is 18.8 Å². The first-order chi connectivity index (χ1) is 15.4. The molecule has 0 bridgehead atoms. The molecular weight excluding hydrogens is 428 g/mol. The number of carbonyl (C=O) groups is 1. The molecule has 0 spiro atoms. The van der Waals surface area contributed by atoms with Crippen LogP contribution in [0, 0.1) is 5.92 Å². The number of ether oxygens (including phenoxy) is 1. The van der Waals surface area contributed by atoms with Gasteiger partial charge in [0.25, 0.3) is 0 Å². The van der Waals surface area contributed by atoms with E-state index in [2.05, 4.69) is 4.98 Å². The number of benzene rings is 1. The van der Waals surface area contributed by atoms with Crippen molar-refractivity contribution in [3.63, 3.8) is 0 Å². The zero-order valence-electron chi connectivity index (χ0n) is 19.1. The van der Waals surface area contributed by atoms with Crippen LogP contribution in [0.15, 0.2) is 23.1 Å². The van der Waals surface area contributed by atoms with Gasteiger partial charge in [-0.05, 0) is 44.4 Å². The molecule has 0 radical (unpaired) electrons. The maximum atomic E-state index is 13.0. The Bertz CT molecular complexity index is 1050. The molecule has 2 aliphatic heterocycles. The van der Waals surface area contributed by atoms with Crippen molar-refractivity contribution in [3.05, 3.63) is 24.0 Å². The Hall–Kier alpha value is -1.97. The minimum atomic E-state index is -3.50. The second kappa shape index (κ2) is 9.89. The summed E-state index contributed by atoms with van der Waals surface area (Å²) in [6.45, 7) is 6.12. The van der Waals surface area contributed by atoms with E-state index >= 15 is 0 Å². The third-order valence-corrected chi connectivity index (χ3v) is 8.59. The van der Waals surface area contributed by atoms with Crippen molar-refractivity contribution in [3.8, 4) is 0 Å². The predicted molar refractivity (Wildman–Crippen MR) is 123 cm³/mol. The number of sulfonamides is 1. The number of aromatic nitrogens is 2. The molecule has 1 unspecified atom stereocenters. The quantitative estimate of drug-likeness (QED) is 0.602. The first kappa shape index (κ1) is 23.2. The van der Waals surface area contributed by atoms with Gasteiger partial charge in [0.2, 0.25) is 15.9 Å². The second-order valence-corrected chi connectivity index (χ2v) is 10.8. The Balaban J connectivity index is 1.46. The van der Waals surface area contributed by atoms with Crippen molar-refractivity contribution in [1.29, 1.82) is 0 Å². The standard InChI is InChI=1S/C23H34N4O4S/c1-3-26(16-18-11-14-31-17-18)23(28)10-9-22-24-20-15-19(7-8-21(20)25(22)2)32(29,30)27-12-5-4-6-13-27/h7-8,15,18H,3-6,9-14,16-17H2,1-2H3. The average Bonchev–Trinajstić information content (AvgIpc) is 3.44. The van der Waals surface area contributed by atoms with E-state index in [0.29, 0.717) is 48.8 Å². The van der Waals surface area contributed by atoms with Gasteiger partial charge in [-0.3, -0.25) is 4.79 Å². The number of rotatable bonds is 8. The van der Waals surface area contributed by atoms with Crippen molar-refractivity contribution < 1.29 is 17.9 Å². The molecule has 4 rings (SSSR count). The lowest BCUT2D eigenvalue weighted by atomic mass is 10.1. The molecule has 2 aromatic rings. The molecule has 1 atom stereocenters. The minimum absolute atomic E-state index is 0.125. The fourth-order valence-electron chi connectivity index (χ4n) is 4.69. The fourth-order valence-corrected chi connectivity index (χ4v) is 6.23. The molecule has 2 fully saturated rings. The predicted octanol–water partition coefficient (Wildman–Crippen LogP) is 2.57. The average molecular weight is 463 g/mol. The zero-order chi connectivity index (χ0) is 22.7. The van der Waals surface area contributed by atoms with Crippen LogP contribution >= 0.6 is 0 Å². The van der Waals surface area contributed by atoms with E-state index in [1.807, 2.05) is 29.5 Å². The van der Waals surface area contributed by atoms with Crippen LogP contribution in [0.4, 0.5) is 0 Å². The highest BCUT2D eigenvalue weighted by atomic mass is 32.2. The van der Waals surface area contributed by atoms with Gasteiger partial charge in [0.1, 0.15) is 5.82 Å². The third kappa shape index (κ3) is 4.84. The van der Waals surface area contributed by atoms with Crippen LogP contribution in [0.5, 0.6) is 0 Å². The van der Waals surface area contributed by atoms with Crippen LogP contribution in [-0.4, -0.2) is 72.5 Å². The Morgan fingerprint density at radius 3 is 2.72 bits per heavy atom. The van der Waals surface area contributed by atoms with E-state index in [-0.39, 0.29) is 5.91 Å². The fraction of sp³-hybridized carbons (Fsp3) is 0.652. The minimum Gasteiger partial charge on any atom is -0.381 e. The lowest BCUT2D eigenvalue weighted by Crippen LogP contribution is -2.35. The summed E-state index contributed by atoms with van der Waals surface area (Å²) in [7, 11) is -1.58. The van der Waals surface area contributed by atoms with E-state index in [1.54, 1.807) is 16.4 Å². The molecule has 1 aromatic heterocycles. The summed E-state index contributed by atoms with van der Waals surface area (Å²) in [6, 6.07) is 5.16. The summed E-state index contributed by atoms with van der Waals surface area (Å²) >= 11 is 0. The monoisotopic (exact) mass is 462 g/mol. The van der Waals surface area contributed by atoms with E-state index in [0.717, 1.165) is 56.8 Å². The third-order valence-electron chi connectivity index (χ3n) is 6.70. The first-order valence-electron chi connectivity index (χ1n) is 11.7. The molecule has 0 aliphatic carbocycles. The summed E-state index contributed by atoms with van der Waals surface area (Å²) in [4.78, 5) is 19.7. The van der Waals surface area contributed by atoms with Crippen LogP contribution in [0.25, 0.3) is 11.0 Å². The molecule has 1 aromatic carbocycles. The smallest absolute Gasteiger partial charge is 0.243 e. The molecule has 176 valence electrons. The molecule has 1 amide bonds. The molecule has 0 N–H and O–H groups in total. The largest absolute Gasteiger partial charge is 0.381 e. The van der Waals surface area contributed by atoms with Gasteiger partial charge in [-0.15, -0.1) is 0 Å². The van der Waals surface area contributed by atoms with E-state index in [1.165, 1.54) is 0 Å². The molecular formula is C23H34N4O4S. The Labute approximate surface area is 190 Å². The topological polar surface area (TPSA) is 84.7 Å². The van der Waals surface area contributed by atoms with Crippen LogP contribution in [0.1, 0.15) is 44.9 Å². The maximum absolute atomic E-state index is 13.0. The Morgan fingerprint density at radius 2 is 2.03 bits per heavy atom. The van der Waals surface area contributed by atoms with Crippen LogP contribution in [0.2, 0.25) is 0 Å². The number of carbonyl (C=O) groups excluding carboxylic acids is 1. The number of imidazole rings is 1. The normalized spacial score (nSPS) is 20.1. The summed E-state index contributed by atoms with van der Waals surface area (Å²) < 4.78 is 35.0. The molecule has 2 saturated heterocycles. The number of hydrogen-bond acceptors (Lipinski definition) is 5. The second-order valence-electron chi connectivity index (χ2n) is 8.86. The van der Waals surface area contributed by atoms with Crippen molar-refractivity contribution in [2.24, 2.45) is 13.0 Å². The molecule has 32 heavy (non-hydrogen) atoms. The van der Waals surface area contributed by atoms with Gasteiger partial charge in [-0.1, -0.05) is 6.42 Å². The number of aryl methyl sites for hydroxylation is 2. The van der Waals surface area contributed by atoms with Gasteiger partial charge < -0.3 is 14.2 Å². The van der Waals surface area contributed by atoms with E-state index in [9.17, 15) is 13.2 Å².